The summed E-state index contributed by atoms with van der Waals surface area (Å²) in [5, 5.41) is -1.44. The summed E-state index contributed by atoms with van der Waals surface area (Å²) in [4.78, 5) is 10.6. The Bertz CT molecular complexity index is 412. The summed E-state index contributed by atoms with van der Waals surface area (Å²) in [5.41, 5.74) is 3.82. The number of carbonyl (C=O) groups is 1. The van der Waals surface area contributed by atoms with Crippen LogP contribution in [-0.4, -0.2) is 11.3 Å². The highest BCUT2D eigenvalue weighted by molar-refractivity contribution is 6.30. The number of benzene rings is 1. The molecule has 0 aliphatic rings. The van der Waals surface area contributed by atoms with Crippen molar-refractivity contribution in [3.8, 4) is 0 Å². The zero-order valence-electron chi connectivity index (χ0n) is 7.74. The molecular weight excluding hydrogens is 250 g/mol. The van der Waals surface area contributed by atoms with Gasteiger partial charge in [0.25, 0.3) is 0 Å². The summed E-state index contributed by atoms with van der Waals surface area (Å²) >= 11 is 5.35. The van der Waals surface area contributed by atoms with Gasteiger partial charge in [-0.05, 0) is 0 Å². The summed E-state index contributed by atoms with van der Waals surface area (Å²) in [5.74, 6) is -7.30. The van der Waals surface area contributed by atoms with Gasteiger partial charge in [0, 0.05) is 18.1 Å². The molecule has 88 valence electrons. The lowest BCUT2D eigenvalue weighted by molar-refractivity contribution is -0.117. The second kappa shape index (κ2) is 4.69. The van der Waals surface area contributed by atoms with Crippen LogP contribution >= 0.6 is 11.6 Å². The largest absolute Gasteiger partial charge is 0.368 e. The fourth-order valence-corrected chi connectivity index (χ4v) is 1.24. The van der Waals surface area contributed by atoms with Crippen molar-refractivity contribution in [1.82, 2.24) is 0 Å². The van der Waals surface area contributed by atoms with Gasteiger partial charge in [0.05, 0.1) is 0 Å². The van der Waals surface area contributed by atoms with Gasteiger partial charge in [0.1, 0.15) is 5.38 Å². The van der Waals surface area contributed by atoms with E-state index >= 15 is 0 Å². The Morgan fingerprint density at radius 3 is 2.06 bits per heavy atom. The topological polar surface area (TPSA) is 43.1 Å². The molecule has 0 aliphatic heterocycles. The molecule has 1 unspecified atom stereocenters. The van der Waals surface area contributed by atoms with Crippen molar-refractivity contribution in [2.75, 3.05) is 0 Å². The van der Waals surface area contributed by atoms with Crippen LogP contribution in [-0.2, 0) is 11.2 Å². The van der Waals surface area contributed by atoms with Gasteiger partial charge in [-0.3, -0.25) is 4.79 Å². The third kappa shape index (κ3) is 2.44. The Balaban J connectivity index is 3.17. The molecule has 1 aromatic rings. The van der Waals surface area contributed by atoms with E-state index in [0.717, 1.165) is 0 Å². The monoisotopic (exact) mass is 255 g/mol. The van der Waals surface area contributed by atoms with Gasteiger partial charge in [-0.2, -0.15) is 0 Å². The van der Waals surface area contributed by atoms with Gasteiger partial charge in [0.15, 0.2) is 23.3 Å². The summed E-state index contributed by atoms with van der Waals surface area (Å²) in [7, 11) is 0. The molecule has 0 bridgehead atoms. The average Bonchev–Trinajstić information content (AvgIpc) is 2.21. The molecule has 1 rings (SSSR count). The van der Waals surface area contributed by atoms with E-state index in [1.54, 1.807) is 0 Å². The SMILES string of the molecule is NC(=O)C(Cl)Cc1c(F)c(F)cc(F)c1F. The highest BCUT2D eigenvalue weighted by Gasteiger charge is 2.23. The van der Waals surface area contributed by atoms with Crippen molar-refractivity contribution in [1.29, 1.82) is 0 Å². The molecule has 7 heteroatoms. The highest BCUT2D eigenvalue weighted by atomic mass is 35.5. The molecule has 1 aromatic carbocycles. The number of nitrogens with two attached hydrogens (primary N) is 1. The molecule has 1 amide bonds. The quantitative estimate of drug-likeness (QED) is 0.500. The number of halogens is 5. The van der Waals surface area contributed by atoms with Crippen molar-refractivity contribution in [2.24, 2.45) is 5.73 Å². The second-order valence-corrected chi connectivity index (χ2v) is 3.55. The predicted molar refractivity (Wildman–Crippen MR) is 48.8 cm³/mol. The standard InChI is InChI=1S/C9H6ClF4NO/c10-4(9(15)16)1-3-7(13)5(11)2-6(12)8(3)14/h2,4H,1H2,(H2,15,16). The van der Waals surface area contributed by atoms with Crippen LogP contribution < -0.4 is 5.73 Å². The number of rotatable bonds is 3. The Morgan fingerprint density at radius 1 is 1.25 bits per heavy atom. The molecule has 0 saturated heterocycles. The molecule has 1 atom stereocenters. The van der Waals surface area contributed by atoms with Crippen molar-refractivity contribution >= 4 is 17.5 Å². The summed E-state index contributed by atoms with van der Waals surface area (Å²) < 4.78 is 51.6. The van der Waals surface area contributed by atoms with Gasteiger partial charge >= 0.3 is 0 Å². The normalized spacial score (nSPS) is 12.6. The molecule has 16 heavy (non-hydrogen) atoms. The van der Waals surface area contributed by atoms with Crippen molar-refractivity contribution in [3.63, 3.8) is 0 Å². The Kier molecular flexibility index (Phi) is 3.74. The number of amides is 1. The number of hydrogen-bond acceptors (Lipinski definition) is 1. The molecule has 0 saturated carbocycles. The van der Waals surface area contributed by atoms with Crippen molar-refractivity contribution < 1.29 is 22.4 Å². The summed E-state index contributed by atoms with van der Waals surface area (Å²) in [6, 6.07) is 0.0711. The molecule has 0 fully saturated rings. The minimum absolute atomic E-state index is 0.0711. The molecule has 2 nitrogen and oxygen atoms in total. The first-order valence-electron chi connectivity index (χ1n) is 4.09. The van der Waals surface area contributed by atoms with E-state index in [2.05, 4.69) is 0 Å². The van der Waals surface area contributed by atoms with Crippen LogP contribution in [0.1, 0.15) is 5.56 Å². The van der Waals surface area contributed by atoms with E-state index in [1.807, 2.05) is 0 Å². The van der Waals surface area contributed by atoms with Gasteiger partial charge in [0.2, 0.25) is 5.91 Å². The van der Waals surface area contributed by atoms with E-state index < -0.39 is 46.5 Å². The van der Waals surface area contributed by atoms with Crippen LogP contribution in [0, 0.1) is 23.3 Å². The summed E-state index contributed by atoms with van der Waals surface area (Å²) in [6.45, 7) is 0. The van der Waals surface area contributed by atoms with Crippen LogP contribution in [0.2, 0.25) is 0 Å². The van der Waals surface area contributed by atoms with Gasteiger partial charge in [-0.25, -0.2) is 17.6 Å². The summed E-state index contributed by atoms with van der Waals surface area (Å²) in [6.07, 6.45) is -0.719. The first-order valence-corrected chi connectivity index (χ1v) is 4.53. The van der Waals surface area contributed by atoms with Crippen molar-refractivity contribution in [2.45, 2.75) is 11.8 Å². The van der Waals surface area contributed by atoms with E-state index in [-0.39, 0.29) is 6.07 Å². The molecule has 0 radical (unpaired) electrons. The maximum atomic E-state index is 13.1. The first kappa shape index (κ1) is 12.8. The van der Waals surface area contributed by atoms with E-state index in [9.17, 15) is 22.4 Å². The maximum absolute atomic E-state index is 13.1. The zero-order chi connectivity index (χ0) is 12.5. The Hall–Kier alpha value is -1.30. The third-order valence-electron chi connectivity index (χ3n) is 1.89. The Morgan fingerprint density at radius 2 is 1.69 bits per heavy atom. The molecular formula is C9H6ClF4NO. The highest BCUT2D eigenvalue weighted by Crippen LogP contribution is 2.21. The Labute approximate surface area is 93.0 Å². The number of carbonyl (C=O) groups excluding carboxylic acids is 1. The van der Waals surface area contributed by atoms with Crippen LogP contribution in [0.15, 0.2) is 6.07 Å². The van der Waals surface area contributed by atoms with Crippen LogP contribution in [0.3, 0.4) is 0 Å². The zero-order valence-corrected chi connectivity index (χ0v) is 8.49. The number of hydrogen-bond donors (Lipinski definition) is 1. The lowest BCUT2D eigenvalue weighted by Gasteiger charge is -2.08. The molecule has 0 aliphatic carbocycles. The lowest BCUT2D eigenvalue weighted by Crippen LogP contribution is -2.26. The van der Waals surface area contributed by atoms with Crippen molar-refractivity contribution in [3.05, 3.63) is 34.9 Å². The fraction of sp³-hybridized carbons (Fsp3) is 0.222. The predicted octanol–water partition coefficient (Wildman–Crippen LogP) is 1.88. The van der Waals surface area contributed by atoms with E-state index in [0.29, 0.717) is 0 Å². The van der Waals surface area contributed by atoms with Crippen LogP contribution in [0.25, 0.3) is 0 Å². The molecule has 0 aromatic heterocycles. The maximum Gasteiger partial charge on any atom is 0.235 e. The average molecular weight is 256 g/mol. The van der Waals surface area contributed by atoms with Gasteiger partial charge in [-0.15, -0.1) is 11.6 Å². The molecule has 2 N–H and O–H groups in total. The number of alkyl halides is 1. The van der Waals surface area contributed by atoms with E-state index in [1.165, 1.54) is 0 Å². The lowest BCUT2D eigenvalue weighted by atomic mass is 10.1. The van der Waals surface area contributed by atoms with E-state index in [4.69, 9.17) is 17.3 Å². The second-order valence-electron chi connectivity index (χ2n) is 3.02. The van der Waals surface area contributed by atoms with Crippen LogP contribution in [0.5, 0.6) is 0 Å². The minimum atomic E-state index is -1.58. The van der Waals surface area contributed by atoms with Gasteiger partial charge in [-0.1, -0.05) is 0 Å². The fourth-order valence-electron chi connectivity index (χ4n) is 1.08. The third-order valence-corrected chi connectivity index (χ3v) is 2.26. The smallest absolute Gasteiger partial charge is 0.235 e. The molecule has 0 heterocycles. The van der Waals surface area contributed by atoms with Crippen LogP contribution in [0.4, 0.5) is 17.6 Å². The first-order chi connectivity index (χ1) is 7.34. The number of primary amides is 1. The minimum Gasteiger partial charge on any atom is -0.368 e. The van der Waals surface area contributed by atoms with Gasteiger partial charge < -0.3 is 5.73 Å². The molecule has 0 spiro atoms.